The summed E-state index contributed by atoms with van der Waals surface area (Å²) in [6.45, 7) is 7.41. The van der Waals surface area contributed by atoms with Crippen molar-refractivity contribution in [3.05, 3.63) is 59.3 Å². The first-order chi connectivity index (χ1) is 14.6. The predicted molar refractivity (Wildman–Crippen MR) is 110 cm³/mol. The lowest BCUT2D eigenvalue weighted by molar-refractivity contribution is 0.0606. The van der Waals surface area contributed by atoms with Gasteiger partial charge >= 0.3 is 0 Å². The van der Waals surface area contributed by atoms with Crippen LogP contribution in [0.25, 0.3) is 5.69 Å². The highest BCUT2D eigenvalue weighted by Crippen LogP contribution is 2.39. The number of hydrogen-bond acceptors (Lipinski definition) is 6. The third-order valence-electron chi connectivity index (χ3n) is 5.86. The zero-order valence-corrected chi connectivity index (χ0v) is 17.4. The Morgan fingerprint density at radius 2 is 1.80 bits per heavy atom. The zero-order chi connectivity index (χ0) is 20.7. The van der Waals surface area contributed by atoms with Crippen molar-refractivity contribution >= 4 is 5.91 Å². The van der Waals surface area contributed by atoms with Crippen LogP contribution in [0.5, 0.6) is 0 Å². The van der Waals surface area contributed by atoms with E-state index in [4.69, 9.17) is 4.42 Å². The lowest BCUT2D eigenvalue weighted by Crippen LogP contribution is -2.48. The first-order valence-electron chi connectivity index (χ1n) is 10.6. The Hall–Kier alpha value is -3.00. The summed E-state index contributed by atoms with van der Waals surface area (Å²) in [5, 5.41) is 4.59. The molecule has 2 fully saturated rings. The number of oxazole rings is 1. The molecule has 0 radical (unpaired) electrons. The van der Waals surface area contributed by atoms with Crippen molar-refractivity contribution in [2.24, 2.45) is 0 Å². The van der Waals surface area contributed by atoms with Gasteiger partial charge in [-0.1, -0.05) is 18.2 Å². The number of nitrogens with zero attached hydrogens (tertiary/aromatic N) is 6. The second-order valence-electron chi connectivity index (χ2n) is 8.13. The Morgan fingerprint density at radius 1 is 1.07 bits per heavy atom. The van der Waals surface area contributed by atoms with Crippen LogP contribution in [0, 0.1) is 13.8 Å². The standard InChI is InChI=1S/C22H26N6O2/c1-15-16(2)30-19(23-15)14-26-10-12-27(13-11-26)22(29)20-24-21(17-8-9-17)28(25-20)18-6-4-3-5-7-18/h3-7,17H,8-14H2,1-2H3. The van der Waals surface area contributed by atoms with Gasteiger partial charge < -0.3 is 9.32 Å². The molecule has 3 heterocycles. The summed E-state index contributed by atoms with van der Waals surface area (Å²) < 4.78 is 7.53. The van der Waals surface area contributed by atoms with Gasteiger partial charge in [0.05, 0.1) is 17.9 Å². The second kappa shape index (κ2) is 7.68. The van der Waals surface area contributed by atoms with Crippen LogP contribution in [0.15, 0.2) is 34.7 Å². The van der Waals surface area contributed by atoms with E-state index in [-0.39, 0.29) is 5.91 Å². The Bertz CT molecular complexity index is 1030. The van der Waals surface area contributed by atoms with Gasteiger partial charge in [-0.15, -0.1) is 5.10 Å². The van der Waals surface area contributed by atoms with Crippen LogP contribution < -0.4 is 0 Å². The number of benzene rings is 1. The van der Waals surface area contributed by atoms with Gasteiger partial charge in [-0.25, -0.2) is 14.6 Å². The number of carbonyl (C=O) groups is 1. The van der Waals surface area contributed by atoms with Gasteiger partial charge in [0.15, 0.2) is 0 Å². The molecule has 2 aliphatic rings. The van der Waals surface area contributed by atoms with Crippen LogP contribution in [-0.2, 0) is 6.54 Å². The van der Waals surface area contributed by atoms with Gasteiger partial charge in [-0.3, -0.25) is 9.69 Å². The molecule has 30 heavy (non-hydrogen) atoms. The summed E-state index contributed by atoms with van der Waals surface area (Å²) >= 11 is 0. The van der Waals surface area contributed by atoms with Crippen LogP contribution >= 0.6 is 0 Å². The van der Waals surface area contributed by atoms with E-state index in [1.54, 1.807) is 0 Å². The fourth-order valence-electron chi connectivity index (χ4n) is 3.83. The van der Waals surface area contributed by atoms with E-state index in [0.29, 0.717) is 31.4 Å². The Labute approximate surface area is 175 Å². The van der Waals surface area contributed by atoms with E-state index in [9.17, 15) is 4.79 Å². The minimum Gasteiger partial charge on any atom is -0.444 e. The topological polar surface area (TPSA) is 80.3 Å². The molecule has 0 bridgehead atoms. The second-order valence-corrected chi connectivity index (χ2v) is 8.13. The van der Waals surface area contributed by atoms with Crippen molar-refractivity contribution in [3.8, 4) is 5.69 Å². The maximum Gasteiger partial charge on any atom is 0.293 e. The molecule has 0 atom stereocenters. The minimum absolute atomic E-state index is 0.0888. The number of aromatic nitrogens is 4. The van der Waals surface area contributed by atoms with Crippen LogP contribution in [0.4, 0.5) is 0 Å². The molecule has 1 saturated carbocycles. The largest absolute Gasteiger partial charge is 0.444 e. The molecule has 8 nitrogen and oxygen atoms in total. The molecule has 3 aromatic rings. The Morgan fingerprint density at radius 3 is 2.43 bits per heavy atom. The van der Waals surface area contributed by atoms with Gasteiger partial charge in [0, 0.05) is 32.1 Å². The Balaban J connectivity index is 1.27. The van der Waals surface area contributed by atoms with Crippen LogP contribution in [0.3, 0.4) is 0 Å². The predicted octanol–water partition coefficient (Wildman–Crippen LogP) is 2.71. The van der Waals surface area contributed by atoms with Crippen molar-refractivity contribution in [2.45, 2.75) is 39.2 Å². The van der Waals surface area contributed by atoms with Crippen molar-refractivity contribution < 1.29 is 9.21 Å². The first kappa shape index (κ1) is 19.0. The number of amides is 1. The van der Waals surface area contributed by atoms with Crippen molar-refractivity contribution in [1.82, 2.24) is 29.5 Å². The number of carbonyl (C=O) groups excluding carboxylic acids is 1. The quantitative estimate of drug-likeness (QED) is 0.648. The number of para-hydroxylation sites is 1. The van der Waals surface area contributed by atoms with E-state index < -0.39 is 0 Å². The van der Waals surface area contributed by atoms with Gasteiger partial charge in [-0.05, 0) is 38.8 Å². The zero-order valence-electron chi connectivity index (χ0n) is 17.4. The molecule has 1 amide bonds. The first-order valence-corrected chi connectivity index (χ1v) is 10.6. The molecule has 5 rings (SSSR count). The molecular formula is C22H26N6O2. The number of hydrogen-bond donors (Lipinski definition) is 0. The molecule has 0 unspecified atom stereocenters. The lowest BCUT2D eigenvalue weighted by atomic mass is 10.3. The number of piperazine rings is 1. The summed E-state index contributed by atoms with van der Waals surface area (Å²) in [5.41, 5.74) is 1.89. The molecular weight excluding hydrogens is 380 g/mol. The van der Waals surface area contributed by atoms with Crippen LogP contribution in [0.2, 0.25) is 0 Å². The monoisotopic (exact) mass is 406 g/mol. The molecule has 2 aromatic heterocycles. The SMILES string of the molecule is Cc1nc(CN2CCN(C(=O)c3nc(C4CC4)n(-c4ccccc4)n3)CC2)oc1C. The molecule has 0 N–H and O–H groups in total. The van der Waals surface area contributed by atoms with E-state index in [1.807, 2.05) is 53.8 Å². The van der Waals surface area contributed by atoms with E-state index >= 15 is 0 Å². The highest BCUT2D eigenvalue weighted by atomic mass is 16.4. The molecule has 1 aromatic carbocycles. The normalized spacial score (nSPS) is 17.5. The van der Waals surface area contributed by atoms with Crippen molar-refractivity contribution in [1.29, 1.82) is 0 Å². The Kier molecular flexibility index (Phi) is 4.86. The molecule has 8 heteroatoms. The average Bonchev–Trinajstić information content (AvgIpc) is 3.43. The molecule has 1 aliphatic heterocycles. The highest BCUT2D eigenvalue weighted by molar-refractivity contribution is 5.90. The molecule has 0 spiro atoms. The average molecular weight is 406 g/mol. The summed E-state index contributed by atoms with van der Waals surface area (Å²) in [7, 11) is 0. The molecule has 1 aliphatic carbocycles. The van der Waals surface area contributed by atoms with Gasteiger partial charge in [0.1, 0.15) is 11.6 Å². The van der Waals surface area contributed by atoms with E-state index in [0.717, 1.165) is 54.8 Å². The summed E-state index contributed by atoms with van der Waals surface area (Å²) in [5.74, 6) is 3.12. The summed E-state index contributed by atoms with van der Waals surface area (Å²) in [4.78, 5) is 26.3. The maximum absolute atomic E-state index is 13.1. The van der Waals surface area contributed by atoms with E-state index in [1.165, 1.54) is 0 Å². The smallest absolute Gasteiger partial charge is 0.293 e. The third-order valence-corrected chi connectivity index (χ3v) is 5.86. The summed E-state index contributed by atoms with van der Waals surface area (Å²) in [6.07, 6.45) is 2.22. The maximum atomic E-state index is 13.1. The van der Waals surface area contributed by atoms with Gasteiger partial charge in [0.2, 0.25) is 11.7 Å². The highest BCUT2D eigenvalue weighted by Gasteiger charge is 2.33. The van der Waals surface area contributed by atoms with E-state index in [2.05, 4.69) is 20.0 Å². The fourth-order valence-corrected chi connectivity index (χ4v) is 3.83. The van der Waals surface area contributed by atoms with Crippen molar-refractivity contribution in [2.75, 3.05) is 26.2 Å². The fraction of sp³-hybridized carbons (Fsp3) is 0.455. The van der Waals surface area contributed by atoms with Gasteiger partial charge in [0.25, 0.3) is 5.91 Å². The van der Waals surface area contributed by atoms with Crippen LogP contribution in [0.1, 0.15) is 52.5 Å². The minimum atomic E-state index is -0.0888. The molecule has 156 valence electrons. The van der Waals surface area contributed by atoms with Gasteiger partial charge in [-0.2, -0.15) is 0 Å². The summed E-state index contributed by atoms with van der Waals surface area (Å²) in [6, 6.07) is 9.93. The third kappa shape index (κ3) is 3.75. The number of aryl methyl sites for hydroxylation is 2. The van der Waals surface area contributed by atoms with Crippen LogP contribution in [-0.4, -0.2) is 61.6 Å². The van der Waals surface area contributed by atoms with Crippen molar-refractivity contribution in [3.63, 3.8) is 0 Å². The molecule has 1 saturated heterocycles. The lowest BCUT2D eigenvalue weighted by Gasteiger charge is -2.33. The number of rotatable bonds is 5.